The van der Waals surface area contributed by atoms with Gasteiger partial charge in [0.15, 0.2) is 0 Å². The number of imidazole rings is 1. The van der Waals surface area contributed by atoms with Gasteiger partial charge in [0.1, 0.15) is 11.6 Å². The summed E-state index contributed by atoms with van der Waals surface area (Å²) in [4.78, 5) is 17.7. The number of fused-ring (bicyclic) bond motifs is 1. The predicted molar refractivity (Wildman–Crippen MR) is 126 cm³/mol. The smallest absolute Gasteiger partial charge is 0.261 e. The fraction of sp³-hybridized carbons (Fsp3) is 0.280. The van der Waals surface area contributed by atoms with Crippen molar-refractivity contribution in [1.82, 2.24) is 14.9 Å². The molecule has 0 saturated carbocycles. The van der Waals surface area contributed by atoms with Crippen LogP contribution in [-0.4, -0.2) is 28.6 Å². The van der Waals surface area contributed by atoms with Crippen LogP contribution in [0.5, 0.6) is 5.75 Å². The summed E-state index contributed by atoms with van der Waals surface area (Å²) in [5.41, 5.74) is 3.30. The van der Waals surface area contributed by atoms with Crippen LogP contribution in [0.4, 0.5) is 0 Å². The molecule has 0 fully saturated rings. The van der Waals surface area contributed by atoms with Crippen molar-refractivity contribution in [1.29, 1.82) is 0 Å². The molecule has 0 aliphatic heterocycles. The first-order valence-electron chi connectivity index (χ1n) is 10.7. The van der Waals surface area contributed by atoms with Gasteiger partial charge in [-0.05, 0) is 55.0 Å². The molecule has 4 aromatic rings. The SMILES string of the molecule is Cc1ccccc1OCCCCn1c(CCNC(=O)c2cccs2)nc2ccccc21. The van der Waals surface area contributed by atoms with Crippen LogP contribution in [0.15, 0.2) is 66.0 Å². The molecular formula is C25H27N3O2S. The first-order chi connectivity index (χ1) is 15.2. The highest BCUT2D eigenvalue weighted by Gasteiger charge is 2.11. The minimum Gasteiger partial charge on any atom is -0.493 e. The lowest BCUT2D eigenvalue weighted by Crippen LogP contribution is -2.25. The molecule has 2 aromatic heterocycles. The summed E-state index contributed by atoms with van der Waals surface area (Å²) >= 11 is 1.45. The fourth-order valence-corrected chi connectivity index (χ4v) is 4.26. The van der Waals surface area contributed by atoms with Crippen LogP contribution >= 0.6 is 11.3 Å². The number of aryl methyl sites for hydroxylation is 2. The van der Waals surface area contributed by atoms with E-state index in [0.29, 0.717) is 19.6 Å². The average Bonchev–Trinajstić information content (AvgIpc) is 3.43. The Bertz CT molecular complexity index is 1130. The molecule has 0 aliphatic rings. The normalized spacial score (nSPS) is 11.0. The van der Waals surface area contributed by atoms with Crippen molar-refractivity contribution in [2.24, 2.45) is 0 Å². The summed E-state index contributed by atoms with van der Waals surface area (Å²) in [6, 6.07) is 20.1. The molecule has 0 radical (unpaired) electrons. The van der Waals surface area contributed by atoms with Crippen molar-refractivity contribution in [3.63, 3.8) is 0 Å². The summed E-state index contributed by atoms with van der Waals surface area (Å²) in [6.07, 6.45) is 2.67. The minimum absolute atomic E-state index is 0.0222. The van der Waals surface area contributed by atoms with Crippen molar-refractivity contribution in [3.8, 4) is 5.75 Å². The van der Waals surface area contributed by atoms with Crippen molar-refractivity contribution >= 4 is 28.3 Å². The van der Waals surface area contributed by atoms with Crippen LogP contribution in [-0.2, 0) is 13.0 Å². The third-order valence-corrected chi connectivity index (χ3v) is 6.11. The minimum atomic E-state index is -0.0222. The molecule has 4 rings (SSSR count). The van der Waals surface area contributed by atoms with Crippen molar-refractivity contribution in [2.75, 3.05) is 13.2 Å². The number of rotatable bonds is 10. The number of hydrogen-bond acceptors (Lipinski definition) is 4. The second kappa shape index (κ2) is 10.3. The Kier molecular flexibility index (Phi) is 6.99. The van der Waals surface area contributed by atoms with E-state index in [-0.39, 0.29) is 5.91 Å². The van der Waals surface area contributed by atoms with E-state index in [9.17, 15) is 4.79 Å². The number of unbranched alkanes of at least 4 members (excludes halogenated alkanes) is 1. The van der Waals surface area contributed by atoms with Gasteiger partial charge in [0.05, 0.1) is 22.5 Å². The summed E-state index contributed by atoms with van der Waals surface area (Å²) in [5, 5.41) is 4.92. The van der Waals surface area contributed by atoms with Gasteiger partial charge in [-0.25, -0.2) is 4.98 Å². The summed E-state index contributed by atoms with van der Waals surface area (Å²) in [5.74, 6) is 1.94. The zero-order valence-corrected chi connectivity index (χ0v) is 18.5. The van der Waals surface area contributed by atoms with Crippen LogP contribution in [0.25, 0.3) is 11.0 Å². The van der Waals surface area contributed by atoms with Crippen LogP contribution in [0.3, 0.4) is 0 Å². The molecule has 5 nitrogen and oxygen atoms in total. The molecule has 6 heteroatoms. The lowest BCUT2D eigenvalue weighted by Gasteiger charge is -2.11. The summed E-state index contributed by atoms with van der Waals surface area (Å²) < 4.78 is 8.21. The maximum atomic E-state index is 12.2. The van der Waals surface area contributed by atoms with E-state index >= 15 is 0 Å². The van der Waals surface area contributed by atoms with Crippen molar-refractivity contribution in [2.45, 2.75) is 32.7 Å². The standard InChI is InChI=1S/C25H27N3O2S/c1-19-9-2-5-12-22(19)30-17-7-6-16-28-21-11-4-3-10-20(21)27-24(28)14-15-26-25(29)23-13-8-18-31-23/h2-5,8-13,18H,6-7,14-17H2,1H3,(H,26,29). The quantitative estimate of drug-likeness (QED) is 0.348. The molecule has 0 saturated heterocycles. The average molecular weight is 434 g/mol. The van der Waals surface area contributed by atoms with Crippen LogP contribution in [0, 0.1) is 6.92 Å². The van der Waals surface area contributed by atoms with E-state index in [1.165, 1.54) is 11.3 Å². The third-order valence-electron chi connectivity index (χ3n) is 5.24. The highest BCUT2D eigenvalue weighted by molar-refractivity contribution is 7.12. The van der Waals surface area contributed by atoms with E-state index in [4.69, 9.17) is 9.72 Å². The Hall–Kier alpha value is -3.12. The number of amides is 1. The number of nitrogens with zero attached hydrogens (tertiary/aromatic N) is 2. The van der Waals surface area contributed by atoms with Crippen molar-refractivity contribution < 1.29 is 9.53 Å². The Morgan fingerprint density at radius 1 is 1.06 bits per heavy atom. The summed E-state index contributed by atoms with van der Waals surface area (Å²) in [6.45, 7) is 4.21. The number of para-hydroxylation sites is 3. The van der Waals surface area contributed by atoms with Gasteiger partial charge < -0.3 is 14.6 Å². The summed E-state index contributed by atoms with van der Waals surface area (Å²) in [7, 11) is 0. The molecule has 1 N–H and O–H groups in total. The van der Waals surface area contributed by atoms with Gasteiger partial charge >= 0.3 is 0 Å². The predicted octanol–water partition coefficient (Wildman–Crippen LogP) is 5.24. The van der Waals surface area contributed by atoms with E-state index < -0.39 is 0 Å². The molecule has 0 aliphatic carbocycles. The van der Waals surface area contributed by atoms with Gasteiger partial charge in [0.25, 0.3) is 5.91 Å². The second-order valence-corrected chi connectivity index (χ2v) is 8.42. The number of carbonyl (C=O) groups is 1. The van der Waals surface area contributed by atoms with Gasteiger partial charge in [-0.15, -0.1) is 11.3 Å². The van der Waals surface area contributed by atoms with Crippen LogP contribution < -0.4 is 10.1 Å². The van der Waals surface area contributed by atoms with Gasteiger partial charge in [0.2, 0.25) is 0 Å². The number of aromatic nitrogens is 2. The highest BCUT2D eigenvalue weighted by Crippen LogP contribution is 2.19. The molecule has 160 valence electrons. The van der Waals surface area contributed by atoms with Crippen LogP contribution in [0.2, 0.25) is 0 Å². The highest BCUT2D eigenvalue weighted by atomic mass is 32.1. The molecule has 1 amide bonds. The van der Waals surface area contributed by atoms with Gasteiger partial charge in [-0.1, -0.05) is 36.4 Å². The molecule has 0 unspecified atom stereocenters. The molecule has 0 atom stereocenters. The van der Waals surface area contributed by atoms with Gasteiger partial charge in [-0.2, -0.15) is 0 Å². The Balaban J connectivity index is 1.33. The molecule has 2 aromatic carbocycles. The molecular weight excluding hydrogens is 406 g/mol. The maximum absolute atomic E-state index is 12.2. The molecule has 0 bridgehead atoms. The van der Waals surface area contributed by atoms with E-state index in [2.05, 4.69) is 28.9 Å². The Labute approximate surface area is 186 Å². The van der Waals surface area contributed by atoms with Crippen LogP contribution in [0.1, 0.15) is 33.9 Å². The third kappa shape index (κ3) is 5.33. The number of nitrogens with one attached hydrogen (secondary N) is 1. The second-order valence-electron chi connectivity index (χ2n) is 7.47. The number of hydrogen-bond donors (Lipinski definition) is 1. The Morgan fingerprint density at radius 3 is 2.74 bits per heavy atom. The maximum Gasteiger partial charge on any atom is 0.261 e. The lowest BCUT2D eigenvalue weighted by molar-refractivity contribution is 0.0958. The lowest BCUT2D eigenvalue weighted by atomic mass is 10.2. The number of benzene rings is 2. The topological polar surface area (TPSA) is 56.1 Å². The number of carbonyl (C=O) groups excluding carboxylic acids is 1. The van der Waals surface area contributed by atoms with Gasteiger partial charge in [-0.3, -0.25) is 4.79 Å². The number of thiophene rings is 1. The monoisotopic (exact) mass is 433 g/mol. The zero-order valence-electron chi connectivity index (χ0n) is 17.7. The first-order valence-corrected chi connectivity index (χ1v) is 11.5. The van der Waals surface area contributed by atoms with Crippen molar-refractivity contribution in [3.05, 3.63) is 82.3 Å². The van der Waals surface area contributed by atoms with E-state index in [1.54, 1.807) is 0 Å². The first kappa shape index (κ1) is 21.1. The molecule has 0 spiro atoms. The number of ether oxygens (including phenoxy) is 1. The molecule has 31 heavy (non-hydrogen) atoms. The van der Waals surface area contributed by atoms with E-state index in [1.807, 2.05) is 53.9 Å². The Morgan fingerprint density at radius 2 is 1.90 bits per heavy atom. The molecule has 2 heterocycles. The van der Waals surface area contributed by atoms with E-state index in [0.717, 1.165) is 52.4 Å². The largest absolute Gasteiger partial charge is 0.493 e. The fourth-order valence-electron chi connectivity index (χ4n) is 3.62. The van der Waals surface area contributed by atoms with Gasteiger partial charge in [0, 0.05) is 19.5 Å². The zero-order chi connectivity index (χ0) is 21.5.